The highest BCUT2D eigenvalue weighted by atomic mass is 127. The van der Waals surface area contributed by atoms with Crippen LogP contribution in [-0.2, 0) is 6.42 Å². The molecular formula is C14H22F2IN3S. The Morgan fingerprint density at radius 1 is 1.24 bits per heavy atom. The summed E-state index contributed by atoms with van der Waals surface area (Å²) in [6.45, 7) is 1.34. The summed E-state index contributed by atoms with van der Waals surface area (Å²) in [5.74, 6) is 0.985. The van der Waals surface area contributed by atoms with Crippen molar-refractivity contribution < 1.29 is 8.78 Å². The van der Waals surface area contributed by atoms with E-state index in [1.165, 1.54) is 6.07 Å². The molecule has 1 aromatic rings. The van der Waals surface area contributed by atoms with Gasteiger partial charge in [-0.2, -0.15) is 11.8 Å². The predicted octanol–water partition coefficient (Wildman–Crippen LogP) is 3.04. The van der Waals surface area contributed by atoms with Crippen LogP contribution in [0.4, 0.5) is 8.78 Å². The third-order valence-electron chi connectivity index (χ3n) is 2.74. The number of halogens is 3. The molecule has 7 heteroatoms. The van der Waals surface area contributed by atoms with Gasteiger partial charge in [-0.25, -0.2) is 8.78 Å². The van der Waals surface area contributed by atoms with Crippen LogP contribution in [0.15, 0.2) is 23.2 Å². The molecule has 0 radical (unpaired) electrons. The second-order valence-corrected chi connectivity index (χ2v) is 5.24. The average molecular weight is 429 g/mol. The van der Waals surface area contributed by atoms with E-state index in [1.54, 1.807) is 18.8 Å². The molecule has 0 aliphatic carbocycles. The number of nitrogens with one attached hydrogen (secondary N) is 2. The van der Waals surface area contributed by atoms with Gasteiger partial charge in [0.25, 0.3) is 0 Å². The van der Waals surface area contributed by atoms with E-state index >= 15 is 0 Å². The molecule has 120 valence electrons. The lowest BCUT2D eigenvalue weighted by Gasteiger charge is -2.11. The summed E-state index contributed by atoms with van der Waals surface area (Å²) in [4.78, 5) is 4.08. The second-order valence-electron chi connectivity index (χ2n) is 4.26. The molecule has 0 aliphatic heterocycles. The van der Waals surface area contributed by atoms with E-state index in [2.05, 4.69) is 21.9 Å². The van der Waals surface area contributed by atoms with E-state index in [4.69, 9.17) is 0 Å². The van der Waals surface area contributed by atoms with Gasteiger partial charge < -0.3 is 10.6 Å². The van der Waals surface area contributed by atoms with Gasteiger partial charge in [-0.3, -0.25) is 4.99 Å². The lowest BCUT2D eigenvalue weighted by molar-refractivity contribution is 0.583. The summed E-state index contributed by atoms with van der Waals surface area (Å²) in [6, 6.07) is 3.50. The molecule has 1 aromatic carbocycles. The van der Waals surface area contributed by atoms with Crippen molar-refractivity contribution in [2.45, 2.75) is 12.8 Å². The van der Waals surface area contributed by atoms with Crippen LogP contribution in [0.1, 0.15) is 12.0 Å². The zero-order valence-corrected chi connectivity index (χ0v) is 15.4. The van der Waals surface area contributed by atoms with Gasteiger partial charge in [0.15, 0.2) is 5.96 Å². The summed E-state index contributed by atoms with van der Waals surface area (Å²) in [7, 11) is 1.69. The molecule has 0 heterocycles. The quantitative estimate of drug-likeness (QED) is 0.303. The van der Waals surface area contributed by atoms with Crippen LogP contribution in [0, 0.1) is 11.6 Å². The van der Waals surface area contributed by atoms with Crippen molar-refractivity contribution in [2.75, 3.05) is 32.1 Å². The minimum Gasteiger partial charge on any atom is -0.356 e. The van der Waals surface area contributed by atoms with Crippen molar-refractivity contribution in [1.29, 1.82) is 0 Å². The van der Waals surface area contributed by atoms with Crippen molar-refractivity contribution in [3.8, 4) is 0 Å². The highest BCUT2D eigenvalue weighted by Gasteiger charge is 2.04. The van der Waals surface area contributed by atoms with Gasteiger partial charge in [0.1, 0.15) is 11.6 Å². The van der Waals surface area contributed by atoms with Crippen molar-refractivity contribution in [2.24, 2.45) is 4.99 Å². The van der Waals surface area contributed by atoms with Crippen LogP contribution < -0.4 is 10.6 Å². The Bertz CT molecular complexity index is 444. The standard InChI is InChI=1S/C14H21F2N3S.HI/c1-17-14(18-7-3-9-20-2)19-8-6-11-10-12(15)4-5-13(11)16;/h4-5,10H,3,6-9H2,1-2H3,(H2,17,18,19);1H. The van der Waals surface area contributed by atoms with Crippen molar-refractivity contribution in [1.82, 2.24) is 10.6 Å². The maximum atomic E-state index is 13.4. The van der Waals surface area contributed by atoms with Crippen molar-refractivity contribution in [3.63, 3.8) is 0 Å². The van der Waals surface area contributed by atoms with E-state index in [0.717, 1.165) is 30.9 Å². The van der Waals surface area contributed by atoms with Crippen LogP contribution in [0.2, 0.25) is 0 Å². The van der Waals surface area contributed by atoms with Gasteiger partial charge in [0.2, 0.25) is 0 Å². The molecule has 0 unspecified atom stereocenters. The van der Waals surface area contributed by atoms with E-state index < -0.39 is 5.82 Å². The van der Waals surface area contributed by atoms with Gasteiger partial charge in [-0.1, -0.05) is 0 Å². The molecular weight excluding hydrogens is 407 g/mol. The number of hydrogen-bond acceptors (Lipinski definition) is 2. The first kappa shape index (κ1) is 20.4. The SMILES string of the molecule is CN=C(NCCCSC)NCCc1cc(F)ccc1F.I. The Labute approximate surface area is 146 Å². The summed E-state index contributed by atoms with van der Waals surface area (Å²) in [5.41, 5.74) is 0.371. The molecule has 0 aliphatic rings. The smallest absolute Gasteiger partial charge is 0.190 e. The highest BCUT2D eigenvalue weighted by Crippen LogP contribution is 2.09. The topological polar surface area (TPSA) is 36.4 Å². The minimum atomic E-state index is -0.416. The summed E-state index contributed by atoms with van der Waals surface area (Å²) >= 11 is 1.80. The molecule has 0 atom stereocenters. The molecule has 3 nitrogen and oxygen atoms in total. The fourth-order valence-electron chi connectivity index (χ4n) is 1.69. The van der Waals surface area contributed by atoms with Crippen LogP contribution in [0.5, 0.6) is 0 Å². The molecule has 21 heavy (non-hydrogen) atoms. The first-order chi connectivity index (χ1) is 9.67. The Hall–Kier alpha value is -0.570. The molecule has 0 aromatic heterocycles. The second kappa shape index (κ2) is 12.0. The zero-order valence-electron chi connectivity index (χ0n) is 12.3. The molecule has 1 rings (SSSR count). The average Bonchev–Trinajstić information content (AvgIpc) is 2.45. The lowest BCUT2D eigenvalue weighted by atomic mass is 10.1. The molecule has 0 amide bonds. The van der Waals surface area contributed by atoms with Crippen molar-refractivity contribution in [3.05, 3.63) is 35.4 Å². The number of benzene rings is 1. The molecule has 0 saturated carbocycles. The van der Waals surface area contributed by atoms with Gasteiger partial charge in [0.05, 0.1) is 0 Å². The van der Waals surface area contributed by atoms with E-state index in [1.807, 2.05) is 0 Å². The minimum absolute atomic E-state index is 0. The fraction of sp³-hybridized carbons (Fsp3) is 0.500. The number of rotatable bonds is 7. The maximum absolute atomic E-state index is 13.4. The number of aliphatic imine (C=N–C) groups is 1. The van der Waals surface area contributed by atoms with Gasteiger partial charge in [0, 0.05) is 20.1 Å². The first-order valence-corrected chi connectivity index (χ1v) is 7.94. The molecule has 0 saturated heterocycles. The van der Waals surface area contributed by atoms with E-state index in [0.29, 0.717) is 24.5 Å². The normalized spacial score (nSPS) is 11.0. The monoisotopic (exact) mass is 429 g/mol. The Morgan fingerprint density at radius 3 is 2.62 bits per heavy atom. The highest BCUT2D eigenvalue weighted by molar-refractivity contribution is 14.0. The third kappa shape index (κ3) is 8.45. The van der Waals surface area contributed by atoms with Crippen LogP contribution in [0.3, 0.4) is 0 Å². The maximum Gasteiger partial charge on any atom is 0.190 e. The van der Waals surface area contributed by atoms with Gasteiger partial charge >= 0.3 is 0 Å². The summed E-state index contributed by atoms with van der Waals surface area (Å²) in [6.07, 6.45) is 3.54. The summed E-state index contributed by atoms with van der Waals surface area (Å²) in [5, 5.41) is 6.26. The Balaban J connectivity index is 0.00000400. The van der Waals surface area contributed by atoms with Gasteiger partial charge in [-0.05, 0) is 48.6 Å². The zero-order chi connectivity index (χ0) is 14.8. The van der Waals surface area contributed by atoms with Crippen LogP contribution >= 0.6 is 35.7 Å². The Morgan fingerprint density at radius 2 is 1.95 bits per heavy atom. The number of guanidine groups is 1. The van der Waals surface area contributed by atoms with Crippen molar-refractivity contribution >= 4 is 41.7 Å². The first-order valence-electron chi connectivity index (χ1n) is 6.54. The molecule has 2 N–H and O–H groups in total. The van der Waals surface area contributed by atoms with Crippen LogP contribution in [-0.4, -0.2) is 38.1 Å². The molecule has 0 spiro atoms. The van der Waals surface area contributed by atoms with E-state index in [-0.39, 0.29) is 29.8 Å². The van der Waals surface area contributed by atoms with Crippen LogP contribution in [0.25, 0.3) is 0 Å². The van der Waals surface area contributed by atoms with E-state index in [9.17, 15) is 8.78 Å². The fourth-order valence-corrected chi connectivity index (χ4v) is 2.13. The number of nitrogens with zero attached hydrogens (tertiary/aromatic N) is 1. The molecule has 0 bridgehead atoms. The third-order valence-corrected chi connectivity index (χ3v) is 3.43. The number of hydrogen-bond donors (Lipinski definition) is 2. The number of thioether (sulfide) groups is 1. The molecule has 0 fully saturated rings. The lowest BCUT2D eigenvalue weighted by Crippen LogP contribution is -2.38. The predicted molar refractivity (Wildman–Crippen MR) is 97.8 cm³/mol. The Kier molecular flexibility index (Phi) is 11.7. The van der Waals surface area contributed by atoms with Gasteiger partial charge in [-0.15, -0.1) is 24.0 Å². The summed E-state index contributed by atoms with van der Waals surface area (Å²) < 4.78 is 26.4. The largest absolute Gasteiger partial charge is 0.356 e.